The molecule has 0 bridgehead atoms. The van der Waals surface area contributed by atoms with Crippen molar-refractivity contribution in [3.8, 4) is 0 Å². The van der Waals surface area contributed by atoms with Crippen molar-refractivity contribution in [2.24, 2.45) is 4.99 Å². The summed E-state index contributed by atoms with van der Waals surface area (Å²) in [6.45, 7) is 6.70. The molecule has 1 atom stereocenters. The van der Waals surface area contributed by atoms with Crippen LogP contribution in [-0.2, 0) is 0 Å². The molecule has 1 aliphatic rings. The Morgan fingerprint density at radius 1 is 1.39 bits per heavy atom. The van der Waals surface area contributed by atoms with Crippen molar-refractivity contribution in [1.82, 2.24) is 20.6 Å². The first-order valence-electron chi connectivity index (χ1n) is 9.21. The molecule has 1 aliphatic heterocycles. The molecular formula is C22H26N6. The van der Waals surface area contributed by atoms with Gasteiger partial charge in [-0.25, -0.2) is 0 Å². The lowest BCUT2D eigenvalue weighted by Crippen LogP contribution is -2.29. The zero-order valence-electron chi connectivity index (χ0n) is 16.2. The van der Waals surface area contributed by atoms with Crippen LogP contribution in [0.3, 0.4) is 0 Å². The fourth-order valence-electron chi connectivity index (χ4n) is 2.84. The van der Waals surface area contributed by atoms with Gasteiger partial charge in [0.15, 0.2) is 0 Å². The molecule has 0 aromatic carbocycles. The van der Waals surface area contributed by atoms with E-state index in [9.17, 15) is 0 Å². The highest BCUT2D eigenvalue weighted by molar-refractivity contribution is 5.78. The monoisotopic (exact) mass is 374 g/mol. The van der Waals surface area contributed by atoms with Gasteiger partial charge in [-0.1, -0.05) is 18.7 Å². The first-order chi connectivity index (χ1) is 13.7. The van der Waals surface area contributed by atoms with Crippen LogP contribution in [0.4, 0.5) is 5.69 Å². The Balaban J connectivity index is 1.77. The fourth-order valence-corrected chi connectivity index (χ4v) is 2.84. The fraction of sp³-hybridized carbons (Fsp3) is 0.182. The number of dihydropyridines is 1. The van der Waals surface area contributed by atoms with Crippen molar-refractivity contribution in [2.45, 2.75) is 13.0 Å². The third kappa shape index (κ3) is 5.01. The van der Waals surface area contributed by atoms with Crippen LogP contribution in [0, 0.1) is 0 Å². The second-order valence-corrected chi connectivity index (χ2v) is 6.40. The predicted molar refractivity (Wildman–Crippen MR) is 117 cm³/mol. The lowest BCUT2D eigenvalue weighted by Gasteiger charge is -2.20. The maximum absolute atomic E-state index is 4.71. The first-order valence-corrected chi connectivity index (χ1v) is 9.21. The maximum Gasteiger partial charge on any atom is 0.0867 e. The lowest BCUT2D eigenvalue weighted by molar-refractivity contribution is 0.731. The van der Waals surface area contributed by atoms with Crippen molar-refractivity contribution in [2.75, 3.05) is 18.9 Å². The number of aromatic nitrogens is 2. The number of pyridine rings is 1. The summed E-state index contributed by atoms with van der Waals surface area (Å²) in [6.07, 6.45) is 15.6. The Morgan fingerprint density at radius 3 is 3.04 bits per heavy atom. The highest BCUT2D eigenvalue weighted by Crippen LogP contribution is 2.19. The maximum atomic E-state index is 4.71. The van der Waals surface area contributed by atoms with Gasteiger partial charge in [-0.05, 0) is 37.3 Å². The van der Waals surface area contributed by atoms with Gasteiger partial charge in [0.05, 0.1) is 23.6 Å². The van der Waals surface area contributed by atoms with Crippen LogP contribution in [0.25, 0.3) is 5.70 Å². The summed E-state index contributed by atoms with van der Waals surface area (Å²) in [5.41, 5.74) is 5.76. The molecule has 2 aromatic rings. The topological polar surface area (TPSA) is 77.1 Å². The highest BCUT2D eigenvalue weighted by atomic mass is 15.0. The average Bonchev–Trinajstić information content (AvgIpc) is 3.24. The molecule has 0 aliphatic carbocycles. The minimum Gasteiger partial charge on any atom is -0.388 e. The molecule has 6 heteroatoms. The number of hydrogen-bond acceptors (Lipinski definition) is 5. The van der Waals surface area contributed by atoms with Crippen LogP contribution in [0.15, 0.2) is 84.1 Å². The highest BCUT2D eigenvalue weighted by Gasteiger charge is 2.12. The number of nitrogens with zero attached hydrogens (tertiary/aromatic N) is 2. The average molecular weight is 374 g/mol. The predicted octanol–water partition coefficient (Wildman–Crippen LogP) is 3.45. The molecule has 0 radical (unpaired) electrons. The second-order valence-electron chi connectivity index (χ2n) is 6.40. The van der Waals surface area contributed by atoms with Crippen molar-refractivity contribution < 1.29 is 0 Å². The minimum absolute atomic E-state index is 0.0298. The number of nitrogens with one attached hydrogen (secondary N) is 4. The van der Waals surface area contributed by atoms with Crippen molar-refractivity contribution in [3.05, 3.63) is 90.3 Å². The van der Waals surface area contributed by atoms with E-state index in [1.54, 1.807) is 12.4 Å². The molecule has 0 spiro atoms. The number of allylic oxidation sites excluding steroid dienone is 3. The van der Waals surface area contributed by atoms with Gasteiger partial charge in [-0.3, -0.25) is 9.98 Å². The third-order valence-electron chi connectivity index (χ3n) is 4.38. The van der Waals surface area contributed by atoms with Crippen LogP contribution >= 0.6 is 0 Å². The van der Waals surface area contributed by atoms with E-state index in [1.165, 1.54) is 0 Å². The molecule has 2 aromatic heterocycles. The van der Waals surface area contributed by atoms with Crippen LogP contribution in [0.2, 0.25) is 0 Å². The summed E-state index contributed by atoms with van der Waals surface area (Å²) in [4.78, 5) is 12.0. The summed E-state index contributed by atoms with van der Waals surface area (Å²) in [5, 5.41) is 9.96. The zero-order valence-corrected chi connectivity index (χ0v) is 16.2. The summed E-state index contributed by atoms with van der Waals surface area (Å²) in [5.74, 6) is 0. The van der Waals surface area contributed by atoms with Crippen LogP contribution in [-0.4, -0.2) is 35.8 Å². The Hall–Kier alpha value is -3.54. The molecule has 28 heavy (non-hydrogen) atoms. The number of aromatic amines is 1. The van der Waals surface area contributed by atoms with Crippen molar-refractivity contribution >= 4 is 17.6 Å². The number of H-pyrrole nitrogens is 1. The van der Waals surface area contributed by atoms with Crippen LogP contribution < -0.4 is 16.0 Å². The van der Waals surface area contributed by atoms with E-state index in [0.717, 1.165) is 34.0 Å². The van der Waals surface area contributed by atoms with E-state index in [4.69, 9.17) is 4.99 Å². The molecule has 0 fully saturated rings. The largest absolute Gasteiger partial charge is 0.388 e. The van der Waals surface area contributed by atoms with Gasteiger partial charge in [0.2, 0.25) is 0 Å². The van der Waals surface area contributed by atoms with Gasteiger partial charge in [0, 0.05) is 54.8 Å². The normalized spacial score (nSPS) is 16.6. The lowest BCUT2D eigenvalue weighted by atomic mass is 10.1. The first kappa shape index (κ1) is 19.2. The summed E-state index contributed by atoms with van der Waals surface area (Å²) >= 11 is 0. The number of anilines is 1. The Kier molecular flexibility index (Phi) is 6.46. The molecule has 0 amide bonds. The molecule has 3 heterocycles. The number of hydrogen-bond donors (Lipinski definition) is 4. The Morgan fingerprint density at radius 2 is 2.29 bits per heavy atom. The van der Waals surface area contributed by atoms with E-state index in [0.29, 0.717) is 6.54 Å². The van der Waals surface area contributed by atoms with Crippen LogP contribution in [0.1, 0.15) is 18.2 Å². The van der Waals surface area contributed by atoms with Crippen molar-refractivity contribution in [1.29, 1.82) is 0 Å². The van der Waals surface area contributed by atoms with Gasteiger partial charge in [-0.15, -0.1) is 0 Å². The molecule has 0 saturated heterocycles. The van der Waals surface area contributed by atoms with E-state index < -0.39 is 0 Å². The minimum atomic E-state index is 0.0298. The van der Waals surface area contributed by atoms with Gasteiger partial charge in [0.1, 0.15) is 0 Å². The summed E-state index contributed by atoms with van der Waals surface area (Å²) < 4.78 is 0. The van der Waals surface area contributed by atoms with E-state index in [-0.39, 0.29) is 6.04 Å². The Bertz CT molecular complexity index is 918. The number of aliphatic imine (C=N–C) groups is 1. The SMILES string of the molecule is C=C(NC)c1cnccc1NC/C=C(\N=Cc1ccc[nH]1)C1C=CC=C(C)N1. The molecule has 6 nitrogen and oxygen atoms in total. The van der Waals surface area contributed by atoms with E-state index >= 15 is 0 Å². The third-order valence-corrected chi connectivity index (χ3v) is 4.38. The quantitative estimate of drug-likeness (QED) is 0.534. The standard InChI is InChI=1S/C22H26N6/c1-16-6-4-8-22(28-16)21(27-14-18-7-5-11-25-18)10-13-26-20-9-12-24-15-19(20)17(2)23-3/h4-12,14-15,22-23,25,28H,2,13H2,1,3H3,(H,24,26)/b21-10-,27-14?. The summed E-state index contributed by atoms with van der Waals surface area (Å²) in [7, 11) is 1.85. The Labute approximate surface area is 165 Å². The molecule has 0 saturated carbocycles. The molecular weight excluding hydrogens is 348 g/mol. The molecule has 4 N–H and O–H groups in total. The summed E-state index contributed by atoms with van der Waals surface area (Å²) in [6, 6.07) is 5.92. The molecule has 1 unspecified atom stereocenters. The van der Waals surface area contributed by atoms with Gasteiger partial charge in [-0.2, -0.15) is 0 Å². The van der Waals surface area contributed by atoms with Crippen molar-refractivity contribution in [3.63, 3.8) is 0 Å². The molecule has 3 rings (SSSR count). The van der Waals surface area contributed by atoms with E-state index in [2.05, 4.69) is 50.7 Å². The zero-order chi connectivity index (χ0) is 19.8. The molecule has 144 valence electrons. The van der Waals surface area contributed by atoms with Gasteiger partial charge >= 0.3 is 0 Å². The van der Waals surface area contributed by atoms with Gasteiger partial charge in [0.25, 0.3) is 0 Å². The smallest absolute Gasteiger partial charge is 0.0867 e. The number of rotatable bonds is 8. The van der Waals surface area contributed by atoms with Gasteiger partial charge < -0.3 is 20.9 Å². The van der Waals surface area contributed by atoms with E-state index in [1.807, 2.05) is 50.7 Å². The van der Waals surface area contributed by atoms with Crippen LogP contribution in [0.5, 0.6) is 0 Å². The second kappa shape index (κ2) is 9.41.